The molecule has 2 rings (SSSR count). The predicted octanol–water partition coefficient (Wildman–Crippen LogP) is 1.42. The standard InChI is InChI=1S/C13H19FN2O2S/c1-9-6-11(14)7-10(2)13(9)19(17,18)16-5-4-12(8-16)15-3/h6-7,12,15H,4-5,8H2,1-3H3. The zero-order chi connectivity index (χ0) is 14.2. The minimum Gasteiger partial charge on any atom is -0.316 e. The largest absolute Gasteiger partial charge is 0.316 e. The summed E-state index contributed by atoms with van der Waals surface area (Å²) >= 11 is 0. The third kappa shape index (κ3) is 2.66. The van der Waals surface area contributed by atoms with Crippen molar-refractivity contribution >= 4 is 10.0 Å². The van der Waals surface area contributed by atoms with Crippen LogP contribution < -0.4 is 5.32 Å². The molecular formula is C13H19FN2O2S. The number of halogens is 1. The third-order valence-electron chi connectivity index (χ3n) is 3.58. The molecule has 1 unspecified atom stereocenters. The molecule has 0 radical (unpaired) electrons. The van der Waals surface area contributed by atoms with Crippen LogP contribution in [0.5, 0.6) is 0 Å². The zero-order valence-electron chi connectivity index (χ0n) is 11.4. The Morgan fingerprint density at radius 1 is 1.32 bits per heavy atom. The molecule has 1 heterocycles. The summed E-state index contributed by atoms with van der Waals surface area (Å²) in [7, 11) is -1.70. The maximum absolute atomic E-state index is 13.3. The maximum Gasteiger partial charge on any atom is 0.243 e. The molecule has 4 nitrogen and oxygen atoms in total. The number of likely N-dealkylation sites (N-methyl/N-ethyl adjacent to an activating group) is 1. The van der Waals surface area contributed by atoms with Crippen LogP contribution in [0.15, 0.2) is 17.0 Å². The molecule has 0 spiro atoms. The first-order valence-corrected chi connectivity index (χ1v) is 7.74. The summed E-state index contributed by atoms with van der Waals surface area (Å²) in [5.74, 6) is -0.400. The van der Waals surface area contributed by atoms with Gasteiger partial charge in [-0.05, 0) is 50.6 Å². The Morgan fingerprint density at radius 2 is 1.89 bits per heavy atom. The van der Waals surface area contributed by atoms with Gasteiger partial charge in [-0.25, -0.2) is 12.8 Å². The monoisotopic (exact) mass is 286 g/mol. The lowest BCUT2D eigenvalue weighted by Crippen LogP contribution is -2.34. The van der Waals surface area contributed by atoms with Gasteiger partial charge in [-0.2, -0.15) is 4.31 Å². The summed E-state index contributed by atoms with van der Waals surface area (Å²) < 4.78 is 40.0. The Balaban J connectivity index is 2.41. The third-order valence-corrected chi connectivity index (χ3v) is 5.75. The first-order chi connectivity index (χ1) is 8.86. The van der Waals surface area contributed by atoms with E-state index in [1.54, 1.807) is 13.8 Å². The SMILES string of the molecule is CNC1CCN(S(=O)(=O)c2c(C)cc(F)cc2C)C1. The van der Waals surface area contributed by atoms with Gasteiger partial charge in [-0.15, -0.1) is 0 Å². The highest BCUT2D eigenvalue weighted by Gasteiger charge is 2.33. The number of sulfonamides is 1. The lowest BCUT2D eigenvalue weighted by atomic mass is 10.1. The van der Waals surface area contributed by atoms with Gasteiger partial charge in [0.15, 0.2) is 0 Å². The molecule has 0 bridgehead atoms. The van der Waals surface area contributed by atoms with Crippen molar-refractivity contribution in [3.63, 3.8) is 0 Å². The van der Waals surface area contributed by atoms with E-state index in [0.717, 1.165) is 6.42 Å². The fourth-order valence-corrected chi connectivity index (χ4v) is 4.53. The summed E-state index contributed by atoms with van der Waals surface area (Å²) in [6, 6.07) is 2.73. The summed E-state index contributed by atoms with van der Waals surface area (Å²) in [6.07, 6.45) is 0.801. The van der Waals surface area contributed by atoms with Gasteiger partial charge in [0, 0.05) is 19.1 Å². The van der Waals surface area contributed by atoms with Crippen molar-refractivity contribution in [3.05, 3.63) is 29.1 Å². The van der Waals surface area contributed by atoms with Gasteiger partial charge < -0.3 is 5.32 Å². The predicted molar refractivity (Wildman–Crippen MR) is 72.1 cm³/mol. The van der Waals surface area contributed by atoms with Crippen LogP contribution in [0, 0.1) is 19.7 Å². The highest BCUT2D eigenvalue weighted by molar-refractivity contribution is 7.89. The molecule has 0 saturated carbocycles. The second-order valence-corrected chi connectivity index (χ2v) is 6.88. The Kier molecular flexibility index (Phi) is 3.94. The topological polar surface area (TPSA) is 49.4 Å². The Labute approximate surface area is 113 Å². The van der Waals surface area contributed by atoms with Crippen molar-refractivity contribution in [1.82, 2.24) is 9.62 Å². The first-order valence-electron chi connectivity index (χ1n) is 6.30. The Morgan fingerprint density at radius 3 is 2.37 bits per heavy atom. The summed E-state index contributed by atoms with van der Waals surface area (Å²) in [4.78, 5) is 0.241. The van der Waals surface area contributed by atoms with Crippen molar-refractivity contribution in [2.75, 3.05) is 20.1 Å². The van der Waals surface area contributed by atoms with E-state index < -0.39 is 15.8 Å². The van der Waals surface area contributed by atoms with Gasteiger partial charge in [0.05, 0.1) is 4.90 Å². The summed E-state index contributed by atoms with van der Waals surface area (Å²) in [5, 5.41) is 3.09. The fourth-order valence-electron chi connectivity index (χ4n) is 2.62. The highest BCUT2D eigenvalue weighted by Crippen LogP contribution is 2.27. The van der Waals surface area contributed by atoms with Gasteiger partial charge in [-0.3, -0.25) is 0 Å². The molecule has 0 amide bonds. The summed E-state index contributed by atoms with van der Waals surface area (Å²) in [6.45, 7) is 4.24. The molecule has 1 saturated heterocycles. The quantitative estimate of drug-likeness (QED) is 0.914. The molecule has 0 aromatic heterocycles. The van der Waals surface area contributed by atoms with E-state index in [1.165, 1.54) is 16.4 Å². The van der Waals surface area contributed by atoms with Crippen molar-refractivity contribution in [2.24, 2.45) is 0 Å². The molecule has 1 aromatic rings. The Hall–Kier alpha value is -0.980. The van der Waals surface area contributed by atoms with Gasteiger partial charge in [-0.1, -0.05) is 0 Å². The van der Waals surface area contributed by atoms with Crippen LogP contribution in [0.2, 0.25) is 0 Å². The van der Waals surface area contributed by atoms with Gasteiger partial charge >= 0.3 is 0 Å². The van der Waals surface area contributed by atoms with Crippen molar-refractivity contribution < 1.29 is 12.8 Å². The van der Waals surface area contributed by atoms with Crippen LogP contribution in [0.3, 0.4) is 0 Å². The molecule has 1 aliphatic heterocycles. The number of hydrogen-bond acceptors (Lipinski definition) is 3. The average molecular weight is 286 g/mol. The first kappa shape index (κ1) is 14.4. The molecular weight excluding hydrogens is 267 g/mol. The van der Waals surface area contributed by atoms with E-state index in [-0.39, 0.29) is 10.9 Å². The molecule has 1 aliphatic rings. The molecule has 6 heteroatoms. The van der Waals surface area contributed by atoms with Gasteiger partial charge in [0.25, 0.3) is 0 Å². The van der Waals surface area contributed by atoms with Crippen LogP contribution in [0.1, 0.15) is 17.5 Å². The summed E-state index contributed by atoms with van der Waals surface area (Å²) in [5.41, 5.74) is 0.927. The zero-order valence-corrected chi connectivity index (χ0v) is 12.2. The molecule has 19 heavy (non-hydrogen) atoms. The van der Waals surface area contributed by atoms with Crippen molar-refractivity contribution in [3.8, 4) is 0 Å². The molecule has 106 valence electrons. The highest BCUT2D eigenvalue weighted by atomic mass is 32.2. The molecule has 1 aromatic carbocycles. The fraction of sp³-hybridized carbons (Fsp3) is 0.538. The van der Waals surface area contributed by atoms with Crippen LogP contribution in [-0.4, -0.2) is 38.9 Å². The molecule has 0 aliphatic carbocycles. The van der Waals surface area contributed by atoms with Crippen LogP contribution in [0.25, 0.3) is 0 Å². The lowest BCUT2D eigenvalue weighted by Gasteiger charge is -2.19. The minimum atomic E-state index is -3.53. The van der Waals surface area contributed by atoms with Crippen molar-refractivity contribution in [1.29, 1.82) is 0 Å². The van der Waals surface area contributed by atoms with E-state index in [4.69, 9.17) is 0 Å². The van der Waals surface area contributed by atoms with E-state index in [1.807, 2.05) is 7.05 Å². The molecule has 1 atom stereocenters. The number of rotatable bonds is 3. The molecule has 1 fully saturated rings. The molecule has 1 N–H and O–H groups in total. The number of nitrogens with zero attached hydrogens (tertiary/aromatic N) is 1. The number of benzene rings is 1. The number of hydrogen-bond donors (Lipinski definition) is 1. The maximum atomic E-state index is 13.3. The second-order valence-electron chi connectivity index (χ2n) is 5.01. The normalized spacial score (nSPS) is 20.9. The minimum absolute atomic E-state index is 0.191. The van der Waals surface area contributed by atoms with E-state index in [2.05, 4.69) is 5.32 Å². The number of nitrogens with one attached hydrogen (secondary N) is 1. The van der Waals surface area contributed by atoms with Crippen LogP contribution in [0.4, 0.5) is 4.39 Å². The Bertz CT molecular complexity index is 563. The van der Waals surface area contributed by atoms with Crippen molar-refractivity contribution in [2.45, 2.75) is 31.2 Å². The van der Waals surface area contributed by atoms with E-state index in [0.29, 0.717) is 24.2 Å². The lowest BCUT2D eigenvalue weighted by molar-refractivity contribution is 0.463. The second kappa shape index (κ2) is 5.19. The van der Waals surface area contributed by atoms with Crippen LogP contribution >= 0.6 is 0 Å². The smallest absolute Gasteiger partial charge is 0.243 e. The van der Waals surface area contributed by atoms with Crippen LogP contribution in [-0.2, 0) is 10.0 Å². The van der Waals surface area contributed by atoms with Gasteiger partial charge in [0.2, 0.25) is 10.0 Å². The van der Waals surface area contributed by atoms with E-state index in [9.17, 15) is 12.8 Å². The number of aryl methyl sites for hydroxylation is 2. The van der Waals surface area contributed by atoms with E-state index >= 15 is 0 Å². The average Bonchev–Trinajstić information content (AvgIpc) is 2.75. The van der Waals surface area contributed by atoms with Gasteiger partial charge in [0.1, 0.15) is 5.82 Å².